The van der Waals surface area contributed by atoms with E-state index in [4.69, 9.17) is 16.3 Å². The molecule has 0 aliphatic carbocycles. The molecule has 2 heterocycles. The van der Waals surface area contributed by atoms with Gasteiger partial charge in [0.25, 0.3) is 5.91 Å². The summed E-state index contributed by atoms with van der Waals surface area (Å²) >= 11 is 6.12. The van der Waals surface area contributed by atoms with Crippen LogP contribution in [0.25, 0.3) is 0 Å². The standard InChI is InChI=1S/C14H19ClN2O2/c1-9-4-5-17(8-13(9)19-3)14(18)11-7-16-10(2)6-12(11)15/h6-7,9,13H,4-5,8H2,1-3H3. The lowest BCUT2D eigenvalue weighted by molar-refractivity contribution is -0.00157. The third-order valence-electron chi connectivity index (χ3n) is 3.70. The summed E-state index contributed by atoms with van der Waals surface area (Å²) in [5.74, 6) is 0.409. The summed E-state index contributed by atoms with van der Waals surface area (Å²) in [7, 11) is 1.69. The van der Waals surface area contributed by atoms with Crippen molar-refractivity contribution in [2.24, 2.45) is 5.92 Å². The minimum atomic E-state index is -0.0635. The van der Waals surface area contributed by atoms with Crippen molar-refractivity contribution in [1.82, 2.24) is 9.88 Å². The van der Waals surface area contributed by atoms with Gasteiger partial charge in [0.1, 0.15) is 0 Å². The van der Waals surface area contributed by atoms with Gasteiger partial charge in [-0.3, -0.25) is 9.78 Å². The van der Waals surface area contributed by atoms with E-state index in [1.165, 1.54) is 0 Å². The van der Waals surface area contributed by atoms with E-state index in [1.807, 2.05) is 6.92 Å². The molecule has 1 aliphatic rings. The molecule has 1 amide bonds. The highest BCUT2D eigenvalue weighted by molar-refractivity contribution is 6.33. The second-order valence-corrected chi connectivity index (χ2v) is 5.50. The molecular weight excluding hydrogens is 264 g/mol. The summed E-state index contributed by atoms with van der Waals surface area (Å²) in [6, 6.07) is 1.72. The van der Waals surface area contributed by atoms with Crippen LogP contribution in [-0.2, 0) is 4.74 Å². The van der Waals surface area contributed by atoms with E-state index in [0.29, 0.717) is 23.0 Å². The van der Waals surface area contributed by atoms with Gasteiger partial charge in [0.05, 0.1) is 16.7 Å². The maximum absolute atomic E-state index is 12.4. The number of carbonyl (C=O) groups is 1. The minimum absolute atomic E-state index is 0.0635. The molecular formula is C14H19ClN2O2. The topological polar surface area (TPSA) is 42.4 Å². The summed E-state index contributed by atoms with van der Waals surface area (Å²) in [5, 5.41) is 0.463. The van der Waals surface area contributed by atoms with Crippen molar-refractivity contribution in [3.05, 3.63) is 28.5 Å². The van der Waals surface area contributed by atoms with E-state index in [9.17, 15) is 4.79 Å². The Morgan fingerprint density at radius 1 is 1.58 bits per heavy atom. The number of rotatable bonds is 2. The van der Waals surface area contributed by atoms with Gasteiger partial charge in [0.2, 0.25) is 0 Å². The molecule has 2 rings (SSSR count). The molecule has 5 heteroatoms. The highest BCUT2D eigenvalue weighted by Gasteiger charge is 2.30. The summed E-state index contributed by atoms with van der Waals surface area (Å²) in [6.07, 6.45) is 2.59. The summed E-state index contributed by atoms with van der Waals surface area (Å²) in [6.45, 7) is 5.35. The molecule has 0 aromatic carbocycles. The zero-order valence-corrected chi connectivity index (χ0v) is 12.3. The molecule has 1 saturated heterocycles. The third-order valence-corrected chi connectivity index (χ3v) is 4.01. The quantitative estimate of drug-likeness (QED) is 0.837. The van der Waals surface area contributed by atoms with Crippen molar-refractivity contribution in [3.63, 3.8) is 0 Å². The fourth-order valence-electron chi connectivity index (χ4n) is 2.38. The number of methoxy groups -OCH3 is 1. The van der Waals surface area contributed by atoms with Crippen LogP contribution in [0.4, 0.5) is 0 Å². The van der Waals surface area contributed by atoms with Crippen molar-refractivity contribution < 1.29 is 9.53 Å². The lowest BCUT2D eigenvalue weighted by Crippen LogP contribution is -2.46. The molecule has 19 heavy (non-hydrogen) atoms. The number of halogens is 1. The van der Waals surface area contributed by atoms with Crippen LogP contribution in [0, 0.1) is 12.8 Å². The van der Waals surface area contributed by atoms with Gasteiger partial charge in [-0.15, -0.1) is 0 Å². The fraction of sp³-hybridized carbons (Fsp3) is 0.571. The van der Waals surface area contributed by atoms with Crippen LogP contribution in [0.2, 0.25) is 5.02 Å². The van der Waals surface area contributed by atoms with E-state index in [1.54, 1.807) is 24.3 Å². The van der Waals surface area contributed by atoms with Gasteiger partial charge >= 0.3 is 0 Å². The minimum Gasteiger partial charge on any atom is -0.379 e. The largest absolute Gasteiger partial charge is 0.379 e. The van der Waals surface area contributed by atoms with Crippen LogP contribution >= 0.6 is 11.6 Å². The maximum Gasteiger partial charge on any atom is 0.257 e. The summed E-state index contributed by atoms with van der Waals surface area (Å²) in [4.78, 5) is 18.4. The van der Waals surface area contributed by atoms with Gasteiger partial charge in [-0.25, -0.2) is 0 Å². The van der Waals surface area contributed by atoms with Gasteiger partial charge in [-0.2, -0.15) is 0 Å². The number of nitrogens with zero attached hydrogens (tertiary/aromatic N) is 2. The molecule has 0 saturated carbocycles. The van der Waals surface area contributed by atoms with E-state index in [2.05, 4.69) is 11.9 Å². The number of ether oxygens (including phenoxy) is 1. The average Bonchev–Trinajstić information content (AvgIpc) is 2.38. The predicted octanol–water partition coefficient (Wildman–Crippen LogP) is 2.54. The van der Waals surface area contributed by atoms with Crippen LogP contribution in [0.15, 0.2) is 12.3 Å². The Morgan fingerprint density at radius 2 is 2.32 bits per heavy atom. The SMILES string of the molecule is COC1CN(C(=O)c2cnc(C)cc2Cl)CCC1C. The summed E-state index contributed by atoms with van der Waals surface area (Å²) < 4.78 is 5.43. The van der Waals surface area contributed by atoms with E-state index < -0.39 is 0 Å². The van der Waals surface area contributed by atoms with E-state index in [0.717, 1.165) is 18.7 Å². The van der Waals surface area contributed by atoms with Gasteiger partial charge in [0, 0.05) is 32.1 Å². The molecule has 1 aromatic rings. The number of carbonyl (C=O) groups excluding carboxylic acids is 1. The number of pyridine rings is 1. The molecule has 104 valence electrons. The predicted molar refractivity (Wildman–Crippen MR) is 74.5 cm³/mol. The molecule has 0 N–H and O–H groups in total. The molecule has 1 aromatic heterocycles. The van der Waals surface area contributed by atoms with Gasteiger partial charge < -0.3 is 9.64 Å². The van der Waals surface area contributed by atoms with Gasteiger partial charge in [0.15, 0.2) is 0 Å². The Bertz CT molecular complexity index is 479. The van der Waals surface area contributed by atoms with Crippen molar-refractivity contribution in [2.45, 2.75) is 26.4 Å². The first-order chi connectivity index (χ1) is 9.02. The van der Waals surface area contributed by atoms with Crippen molar-refractivity contribution in [3.8, 4) is 0 Å². The smallest absolute Gasteiger partial charge is 0.257 e. The zero-order chi connectivity index (χ0) is 14.0. The molecule has 1 aliphatic heterocycles. The zero-order valence-electron chi connectivity index (χ0n) is 11.5. The van der Waals surface area contributed by atoms with E-state index >= 15 is 0 Å². The first-order valence-corrected chi connectivity index (χ1v) is 6.85. The lowest BCUT2D eigenvalue weighted by Gasteiger charge is -2.36. The number of hydrogen-bond donors (Lipinski definition) is 0. The first kappa shape index (κ1) is 14.3. The first-order valence-electron chi connectivity index (χ1n) is 6.47. The summed E-state index contributed by atoms with van der Waals surface area (Å²) in [5.41, 5.74) is 1.28. The molecule has 1 fully saturated rings. The fourth-order valence-corrected chi connectivity index (χ4v) is 2.67. The second kappa shape index (κ2) is 5.88. The van der Waals surface area contributed by atoms with Crippen molar-refractivity contribution >= 4 is 17.5 Å². The van der Waals surface area contributed by atoms with E-state index in [-0.39, 0.29) is 12.0 Å². The van der Waals surface area contributed by atoms with Gasteiger partial charge in [-0.1, -0.05) is 18.5 Å². The number of aromatic nitrogens is 1. The Labute approximate surface area is 118 Å². The molecule has 0 spiro atoms. The number of piperidine rings is 1. The van der Waals surface area contributed by atoms with Crippen LogP contribution in [0.5, 0.6) is 0 Å². The third kappa shape index (κ3) is 3.07. The molecule has 4 nitrogen and oxygen atoms in total. The Balaban J connectivity index is 2.15. The monoisotopic (exact) mass is 282 g/mol. The number of likely N-dealkylation sites (tertiary alicyclic amines) is 1. The highest BCUT2D eigenvalue weighted by atomic mass is 35.5. The van der Waals surface area contributed by atoms with Crippen molar-refractivity contribution in [2.75, 3.05) is 20.2 Å². The Morgan fingerprint density at radius 3 is 2.95 bits per heavy atom. The van der Waals surface area contributed by atoms with Crippen LogP contribution in [-0.4, -0.2) is 42.1 Å². The Kier molecular flexibility index (Phi) is 4.42. The molecule has 0 radical (unpaired) electrons. The average molecular weight is 283 g/mol. The lowest BCUT2D eigenvalue weighted by atomic mass is 9.95. The van der Waals surface area contributed by atoms with Crippen LogP contribution in [0.1, 0.15) is 29.4 Å². The van der Waals surface area contributed by atoms with Crippen LogP contribution < -0.4 is 0 Å². The normalized spacial score (nSPS) is 23.5. The second-order valence-electron chi connectivity index (χ2n) is 5.10. The number of amides is 1. The highest BCUT2D eigenvalue weighted by Crippen LogP contribution is 2.23. The molecule has 0 bridgehead atoms. The Hall–Kier alpha value is -1.13. The van der Waals surface area contributed by atoms with Crippen LogP contribution in [0.3, 0.4) is 0 Å². The molecule has 2 unspecified atom stereocenters. The van der Waals surface area contributed by atoms with Gasteiger partial charge in [-0.05, 0) is 25.3 Å². The van der Waals surface area contributed by atoms with Crippen molar-refractivity contribution in [1.29, 1.82) is 0 Å². The maximum atomic E-state index is 12.4. The molecule has 2 atom stereocenters. The number of aryl methyl sites for hydroxylation is 1. The number of hydrogen-bond acceptors (Lipinski definition) is 3.